The predicted octanol–water partition coefficient (Wildman–Crippen LogP) is 13.1. The molecular formula is C53H39FeN3S+2. The molecule has 6 aromatic rings. The average Bonchev–Trinajstić information content (AvgIpc) is 4.07. The normalized spacial score (nSPS) is 14.4. The fourth-order valence-corrected chi connectivity index (χ4v) is 8.29. The Balaban J connectivity index is 0.000000729. The van der Waals surface area contributed by atoms with Crippen LogP contribution in [0.2, 0.25) is 0 Å². The van der Waals surface area contributed by atoms with Gasteiger partial charge in [-0.1, -0.05) is 101 Å². The van der Waals surface area contributed by atoms with Gasteiger partial charge in [-0.3, -0.25) is 0 Å². The summed E-state index contributed by atoms with van der Waals surface area (Å²) in [6.45, 7) is 6.36. The van der Waals surface area contributed by atoms with E-state index >= 15 is 0 Å². The maximum atomic E-state index is 5.41. The Morgan fingerprint density at radius 1 is 0.431 bits per heavy atom. The number of aryl methyl sites for hydroxylation is 3. The van der Waals surface area contributed by atoms with E-state index in [1.807, 2.05) is 57.8 Å². The van der Waals surface area contributed by atoms with Crippen molar-refractivity contribution in [3.8, 4) is 45.2 Å². The molecule has 3 aromatic heterocycles. The summed E-state index contributed by atoms with van der Waals surface area (Å²) in [6.07, 6.45) is 26.7. The predicted molar refractivity (Wildman–Crippen MR) is 242 cm³/mol. The molecule has 2 saturated carbocycles. The molecule has 4 aliphatic rings. The second-order valence-electron chi connectivity index (χ2n) is 14.4. The molecule has 2 fully saturated rings. The molecule has 5 heteroatoms. The number of nitrogens with one attached hydrogen (secondary N) is 1. The zero-order chi connectivity index (χ0) is 38.7. The molecular weight excluding hydrogens is 767 g/mol. The van der Waals surface area contributed by atoms with Crippen molar-refractivity contribution < 1.29 is 17.1 Å². The number of thiophene rings is 1. The second kappa shape index (κ2) is 17.7. The number of hydrogen-bond donors (Lipinski definition) is 1. The van der Waals surface area contributed by atoms with E-state index in [4.69, 9.17) is 9.97 Å². The third-order valence-corrected chi connectivity index (χ3v) is 11.3. The third kappa shape index (κ3) is 8.48. The Labute approximate surface area is 357 Å². The summed E-state index contributed by atoms with van der Waals surface area (Å²) in [4.78, 5) is 14.6. The first kappa shape index (κ1) is 39.6. The molecule has 0 atom stereocenters. The number of nitrogens with zero attached hydrogens (tertiary/aromatic N) is 2. The van der Waals surface area contributed by atoms with Crippen molar-refractivity contribution in [1.82, 2.24) is 15.0 Å². The topological polar surface area (TPSA) is 41.6 Å². The zero-order valence-electron chi connectivity index (χ0n) is 32.4. The van der Waals surface area contributed by atoms with Crippen LogP contribution in [-0.2, 0) is 17.1 Å². The van der Waals surface area contributed by atoms with Gasteiger partial charge in [0.05, 0.1) is 34.3 Å². The standard InChI is InChI=1S/C48H34N3S.C5H5.Fe/c1-30-8-15-34(16-9-30)46-39-23-22-38(49-39)37(21-14-33-6-4-5-7-33)44-28-29-45(52-44)48(36-19-12-32(3)13-20-36)43-27-26-42(51-43)47(41-25-24-40(46)50-41)35-17-10-31(2)11-18-35;1-2-4-5-3-1;/h4-13,15-20,22-29,50H,1-3H3;1-5H;/q;;+2. The molecule has 8 bridgehead atoms. The fraction of sp³-hybridized carbons (Fsp3) is 0.0566. The number of benzene rings is 3. The van der Waals surface area contributed by atoms with Crippen LogP contribution in [0.4, 0.5) is 0 Å². The first-order valence-electron chi connectivity index (χ1n) is 19.2. The van der Waals surface area contributed by atoms with Crippen molar-refractivity contribution in [3.05, 3.63) is 206 Å². The first-order valence-corrected chi connectivity index (χ1v) is 20.0. The molecule has 0 amide bonds. The smallest absolute Gasteiger partial charge is 0.354 e. The van der Waals surface area contributed by atoms with E-state index in [0.717, 1.165) is 88.1 Å². The Bertz CT molecular complexity index is 2680. The van der Waals surface area contributed by atoms with Gasteiger partial charge in [0.25, 0.3) is 0 Å². The van der Waals surface area contributed by atoms with Crippen LogP contribution in [0.1, 0.15) is 45.0 Å². The van der Waals surface area contributed by atoms with Crippen molar-refractivity contribution in [2.24, 2.45) is 0 Å². The molecule has 0 spiro atoms. The van der Waals surface area contributed by atoms with Gasteiger partial charge in [-0.15, -0.1) is 11.3 Å². The van der Waals surface area contributed by atoms with Crippen LogP contribution >= 0.6 is 11.3 Å². The minimum absolute atomic E-state index is 0. The molecule has 10 rings (SSSR count). The number of H-pyrrole nitrogens is 1. The van der Waals surface area contributed by atoms with Crippen LogP contribution in [0.5, 0.6) is 0 Å². The third-order valence-electron chi connectivity index (χ3n) is 10.2. The molecule has 3 aromatic carbocycles. The summed E-state index contributed by atoms with van der Waals surface area (Å²) >= 11 is 1.73. The van der Waals surface area contributed by atoms with Crippen LogP contribution in [0.25, 0.3) is 78.1 Å². The Morgan fingerprint density at radius 3 is 1.34 bits per heavy atom. The summed E-state index contributed by atoms with van der Waals surface area (Å²) in [5.41, 5.74) is 16.6. The van der Waals surface area contributed by atoms with Crippen molar-refractivity contribution >= 4 is 56.1 Å². The maximum absolute atomic E-state index is 5.41. The number of aromatic nitrogens is 3. The summed E-state index contributed by atoms with van der Waals surface area (Å²) in [6, 6.07) is 34.9. The molecule has 2 aliphatic carbocycles. The van der Waals surface area contributed by atoms with Gasteiger partial charge in [0, 0.05) is 37.1 Å². The minimum Gasteiger partial charge on any atom is -0.354 e. The summed E-state index contributed by atoms with van der Waals surface area (Å²) in [5.74, 6) is 7.93. The monoisotopic (exact) mass is 805 g/mol. The quantitative estimate of drug-likeness (QED) is 0.143. The van der Waals surface area contributed by atoms with E-state index in [1.54, 1.807) is 11.3 Å². The van der Waals surface area contributed by atoms with Crippen LogP contribution in [-0.4, -0.2) is 15.0 Å². The van der Waals surface area contributed by atoms with Crippen molar-refractivity contribution in [1.29, 1.82) is 0 Å². The van der Waals surface area contributed by atoms with Gasteiger partial charge in [-0.05, 0) is 144 Å². The number of aromatic amines is 1. The molecule has 1 N–H and O–H groups in total. The van der Waals surface area contributed by atoms with Gasteiger partial charge >= 0.3 is 17.1 Å². The number of hydrogen-bond acceptors (Lipinski definition) is 3. The van der Waals surface area contributed by atoms with E-state index in [1.165, 1.54) is 16.7 Å². The van der Waals surface area contributed by atoms with Crippen LogP contribution < -0.4 is 0 Å². The summed E-state index contributed by atoms with van der Waals surface area (Å²) < 4.78 is 2.19. The van der Waals surface area contributed by atoms with Crippen LogP contribution in [0.3, 0.4) is 0 Å². The van der Waals surface area contributed by atoms with Gasteiger partial charge in [0.15, 0.2) is 0 Å². The molecule has 10 radical (unpaired) electrons. The van der Waals surface area contributed by atoms with Crippen molar-refractivity contribution in [2.45, 2.75) is 20.8 Å². The number of fused-ring (bicyclic) bond motifs is 8. The first-order chi connectivity index (χ1) is 28.0. The van der Waals surface area contributed by atoms with Gasteiger partial charge in [0.1, 0.15) is 0 Å². The number of rotatable bonds is 3. The minimum atomic E-state index is 0. The molecule has 0 saturated heterocycles. The van der Waals surface area contributed by atoms with E-state index in [0.29, 0.717) is 0 Å². The summed E-state index contributed by atoms with van der Waals surface area (Å²) in [5, 5.41) is 0. The molecule has 3 nitrogen and oxygen atoms in total. The van der Waals surface area contributed by atoms with Gasteiger partial charge in [-0.25, -0.2) is 9.97 Å². The second-order valence-corrected chi connectivity index (χ2v) is 15.4. The molecule has 278 valence electrons. The fourth-order valence-electron chi connectivity index (χ4n) is 7.20. The van der Waals surface area contributed by atoms with Crippen molar-refractivity contribution in [2.75, 3.05) is 0 Å². The van der Waals surface area contributed by atoms with Crippen LogP contribution in [0, 0.1) is 96.3 Å². The Morgan fingerprint density at radius 2 is 0.845 bits per heavy atom. The van der Waals surface area contributed by atoms with Gasteiger partial charge in [-0.2, -0.15) is 0 Å². The van der Waals surface area contributed by atoms with Crippen molar-refractivity contribution in [3.63, 3.8) is 0 Å². The average molecular weight is 806 g/mol. The van der Waals surface area contributed by atoms with E-state index in [2.05, 4.69) is 159 Å². The van der Waals surface area contributed by atoms with Crippen LogP contribution in [0.15, 0.2) is 97.1 Å². The van der Waals surface area contributed by atoms with Gasteiger partial charge < -0.3 is 4.98 Å². The zero-order valence-corrected chi connectivity index (χ0v) is 34.3. The molecule has 2 aliphatic heterocycles. The van der Waals surface area contributed by atoms with E-state index in [9.17, 15) is 0 Å². The maximum Gasteiger partial charge on any atom is 2.00 e. The molecule has 5 heterocycles. The Hall–Kier alpha value is -5.24. The largest absolute Gasteiger partial charge is 2.00 e. The molecule has 58 heavy (non-hydrogen) atoms. The van der Waals surface area contributed by atoms with E-state index in [-0.39, 0.29) is 17.1 Å². The Kier molecular flexibility index (Phi) is 12.1. The van der Waals surface area contributed by atoms with Gasteiger partial charge in [0.2, 0.25) is 0 Å². The SMILES string of the molecule is Cc1ccc(-c2c3nc(c(C#C[C]4[CH][CH][CH][CH]4)c4ccc(s4)c(-c4ccc(C)cc4)c4nc(c(-c5ccc(C)cc5)c5ccc2[nH]5)C=C4)C=C3)cc1.[CH]1[CH][CH][CH][CH]1.[Fe+2]. The van der Waals surface area contributed by atoms with E-state index < -0.39 is 0 Å². The summed E-state index contributed by atoms with van der Waals surface area (Å²) in [7, 11) is 0. The molecule has 0 unspecified atom stereocenters.